The number of benzene rings is 2. The third kappa shape index (κ3) is 3.13. The molecule has 0 amide bonds. The van der Waals surface area contributed by atoms with E-state index in [1.165, 1.54) is 0 Å². The lowest BCUT2D eigenvalue weighted by Gasteiger charge is -2.39. The van der Waals surface area contributed by atoms with Crippen LogP contribution in [0.15, 0.2) is 75.7 Å². The van der Waals surface area contributed by atoms with Crippen LogP contribution in [-0.4, -0.2) is 5.78 Å². The maximum Gasteiger partial charge on any atom is 0.161 e. The quantitative estimate of drug-likeness (QED) is 0.659. The van der Waals surface area contributed by atoms with E-state index in [9.17, 15) is 10.1 Å². The molecule has 2 aromatic carbocycles. The van der Waals surface area contributed by atoms with Crippen molar-refractivity contribution in [1.82, 2.24) is 0 Å². The molecule has 28 heavy (non-hydrogen) atoms. The van der Waals surface area contributed by atoms with Crippen molar-refractivity contribution in [1.29, 1.82) is 5.26 Å². The fourth-order valence-corrected chi connectivity index (χ4v) is 4.35. The van der Waals surface area contributed by atoms with Gasteiger partial charge in [-0.25, -0.2) is 0 Å². The fourth-order valence-electron chi connectivity index (χ4n) is 3.96. The summed E-state index contributed by atoms with van der Waals surface area (Å²) in [5, 5.41) is 10.6. The molecule has 4 rings (SSSR count). The summed E-state index contributed by atoms with van der Waals surface area (Å²) in [6.07, 6.45) is 1.99. The van der Waals surface area contributed by atoms with E-state index in [0.29, 0.717) is 28.4 Å². The van der Waals surface area contributed by atoms with E-state index in [1.54, 1.807) is 12.1 Å². The van der Waals surface area contributed by atoms with Gasteiger partial charge in [0.25, 0.3) is 0 Å². The molecule has 4 nitrogen and oxygen atoms in total. The van der Waals surface area contributed by atoms with E-state index >= 15 is 0 Å². The summed E-state index contributed by atoms with van der Waals surface area (Å²) < 4.78 is 0.939. The van der Waals surface area contributed by atoms with Gasteiger partial charge in [0.15, 0.2) is 5.78 Å². The SMILES string of the molecule is N#CC1=C(N)N(c2ccc(Cl)cc2)C2=C(C(=O)CCC2)C1c1ccc(Br)cc1. The lowest BCUT2D eigenvalue weighted by molar-refractivity contribution is -0.116. The summed E-state index contributed by atoms with van der Waals surface area (Å²) in [4.78, 5) is 14.8. The Morgan fingerprint density at radius 1 is 1.11 bits per heavy atom. The van der Waals surface area contributed by atoms with Crippen LogP contribution in [0.25, 0.3) is 0 Å². The Morgan fingerprint density at radius 3 is 2.43 bits per heavy atom. The Labute approximate surface area is 177 Å². The Balaban J connectivity index is 1.95. The second-order valence-corrected chi connectivity index (χ2v) is 8.20. The van der Waals surface area contributed by atoms with Gasteiger partial charge in [-0.1, -0.05) is 39.7 Å². The number of anilines is 1. The van der Waals surface area contributed by atoms with E-state index in [4.69, 9.17) is 17.3 Å². The number of carbonyl (C=O) groups excluding carboxylic acids is 1. The highest BCUT2D eigenvalue weighted by Crippen LogP contribution is 2.46. The smallest absolute Gasteiger partial charge is 0.161 e. The molecule has 1 heterocycles. The topological polar surface area (TPSA) is 70.1 Å². The standard InChI is InChI=1S/C22H17BrClN3O/c23-14-6-4-13(5-7-14)20-17(12-25)22(26)27(16-10-8-15(24)9-11-16)18-2-1-3-19(28)21(18)20/h4-11,20H,1-3,26H2. The zero-order valence-corrected chi connectivity index (χ0v) is 17.3. The van der Waals surface area contributed by atoms with Crippen LogP contribution >= 0.6 is 27.5 Å². The molecule has 2 aliphatic rings. The second-order valence-electron chi connectivity index (χ2n) is 6.84. The van der Waals surface area contributed by atoms with Crippen molar-refractivity contribution in [3.63, 3.8) is 0 Å². The van der Waals surface area contributed by atoms with Gasteiger partial charge < -0.3 is 5.73 Å². The van der Waals surface area contributed by atoms with Crippen LogP contribution in [0.3, 0.4) is 0 Å². The Bertz CT molecular complexity index is 1050. The summed E-state index contributed by atoms with van der Waals surface area (Å²) in [7, 11) is 0. The fraction of sp³-hybridized carbons (Fsp3) is 0.182. The number of Topliss-reactive ketones (excluding diaryl/α,β-unsaturated/α-hetero) is 1. The number of nitrogens with zero attached hydrogens (tertiary/aromatic N) is 2. The van der Waals surface area contributed by atoms with Gasteiger partial charge in [-0.3, -0.25) is 9.69 Å². The molecule has 0 saturated heterocycles. The highest BCUT2D eigenvalue weighted by atomic mass is 79.9. The van der Waals surface area contributed by atoms with Gasteiger partial charge in [-0.15, -0.1) is 0 Å². The predicted octanol–water partition coefficient (Wildman–Crippen LogP) is 5.41. The molecule has 0 fully saturated rings. The molecular weight excluding hydrogens is 438 g/mol. The molecule has 0 saturated carbocycles. The average molecular weight is 455 g/mol. The van der Waals surface area contributed by atoms with Crippen molar-refractivity contribution in [3.05, 3.63) is 86.3 Å². The number of ketones is 1. The molecule has 140 valence electrons. The van der Waals surface area contributed by atoms with Crippen molar-refractivity contribution in [2.24, 2.45) is 5.73 Å². The van der Waals surface area contributed by atoms with Gasteiger partial charge in [0.1, 0.15) is 5.82 Å². The maximum absolute atomic E-state index is 13.0. The van der Waals surface area contributed by atoms with Crippen molar-refractivity contribution in [3.8, 4) is 6.07 Å². The normalized spacial score (nSPS) is 19.5. The van der Waals surface area contributed by atoms with Gasteiger partial charge in [0.05, 0.1) is 17.6 Å². The Kier molecular flexibility index (Phi) is 5.01. The molecular formula is C22H17BrClN3O. The zero-order valence-electron chi connectivity index (χ0n) is 15.0. The minimum atomic E-state index is -0.440. The first-order chi connectivity index (χ1) is 13.5. The predicted molar refractivity (Wildman–Crippen MR) is 114 cm³/mol. The molecule has 1 unspecified atom stereocenters. The van der Waals surface area contributed by atoms with Crippen molar-refractivity contribution in [2.45, 2.75) is 25.2 Å². The maximum atomic E-state index is 13.0. The van der Waals surface area contributed by atoms with E-state index in [1.807, 2.05) is 41.3 Å². The number of nitrogens with two attached hydrogens (primary N) is 1. The molecule has 0 spiro atoms. The van der Waals surface area contributed by atoms with Crippen LogP contribution in [0.5, 0.6) is 0 Å². The van der Waals surface area contributed by atoms with Gasteiger partial charge in [0.2, 0.25) is 0 Å². The minimum absolute atomic E-state index is 0.0772. The first kappa shape index (κ1) is 18.8. The Hall–Kier alpha value is -2.55. The first-order valence-electron chi connectivity index (χ1n) is 8.98. The summed E-state index contributed by atoms with van der Waals surface area (Å²) >= 11 is 9.48. The summed E-state index contributed by atoms with van der Waals surface area (Å²) in [6.45, 7) is 0. The third-order valence-corrected chi connectivity index (χ3v) is 5.98. The van der Waals surface area contributed by atoms with Crippen LogP contribution in [0.4, 0.5) is 5.69 Å². The summed E-state index contributed by atoms with van der Waals surface area (Å²) in [6, 6.07) is 17.2. The molecule has 6 heteroatoms. The summed E-state index contributed by atoms with van der Waals surface area (Å²) in [5.74, 6) is 0.00373. The number of allylic oxidation sites excluding steroid dienone is 3. The number of halogens is 2. The van der Waals surface area contributed by atoms with E-state index in [-0.39, 0.29) is 5.78 Å². The van der Waals surface area contributed by atoms with Crippen molar-refractivity contribution < 1.29 is 4.79 Å². The summed E-state index contributed by atoms with van der Waals surface area (Å²) in [5.41, 5.74) is 10.1. The van der Waals surface area contributed by atoms with Crippen LogP contribution in [0.1, 0.15) is 30.7 Å². The van der Waals surface area contributed by atoms with E-state index < -0.39 is 5.92 Å². The molecule has 0 aromatic heterocycles. The van der Waals surface area contributed by atoms with E-state index in [2.05, 4.69) is 22.0 Å². The molecule has 1 aliphatic heterocycles. The molecule has 1 atom stereocenters. The average Bonchev–Trinajstić information content (AvgIpc) is 2.69. The molecule has 2 aromatic rings. The van der Waals surface area contributed by atoms with Gasteiger partial charge in [-0.05, 0) is 54.8 Å². The van der Waals surface area contributed by atoms with Crippen molar-refractivity contribution >= 4 is 39.0 Å². The van der Waals surface area contributed by atoms with Gasteiger partial charge in [0, 0.05) is 32.9 Å². The van der Waals surface area contributed by atoms with Crippen LogP contribution in [0, 0.1) is 11.3 Å². The molecule has 2 N–H and O–H groups in total. The van der Waals surface area contributed by atoms with Gasteiger partial charge in [-0.2, -0.15) is 5.26 Å². The van der Waals surface area contributed by atoms with Gasteiger partial charge >= 0.3 is 0 Å². The number of hydrogen-bond acceptors (Lipinski definition) is 4. The molecule has 0 radical (unpaired) electrons. The monoisotopic (exact) mass is 453 g/mol. The number of carbonyl (C=O) groups is 1. The lowest BCUT2D eigenvalue weighted by Crippen LogP contribution is -2.38. The largest absolute Gasteiger partial charge is 0.384 e. The molecule has 1 aliphatic carbocycles. The van der Waals surface area contributed by atoms with Crippen LogP contribution < -0.4 is 10.6 Å². The number of nitriles is 1. The zero-order chi connectivity index (χ0) is 19.8. The number of hydrogen-bond donors (Lipinski definition) is 1. The van der Waals surface area contributed by atoms with Crippen molar-refractivity contribution in [2.75, 3.05) is 4.90 Å². The highest BCUT2D eigenvalue weighted by Gasteiger charge is 2.40. The highest BCUT2D eigenvalue weighted by molar-refractivity contribution is 9.10. The minimum Gasteiger partial charge on any atom is -0.384 e. The van der Waals surface area contributed by atoms with Crippen LogP contribution in [0.2, 0.25) is 5.02 Å². The first-order valence-corrected chi connectivity index (χ1v) is 10.2. The lowest BCUT2D eigenvalue weighted by atomic mass is 9.75. The van der Waals surface area contributed by atoms with E-state index in [0.717, 1.165) is 34.3 Å². The van der Waals surface area contributed by atoms with Crippen LogP contribution in [-0.2, 0) is 4.79 Å². The third-order valence-electron chi connectivity index (χ3n) is 5.20. The number of rotatable bonds is 2. The second kappa shape index (κ2) is 7.46. The molecule has 0 bridgehead atoms. The Morgan fingerprint density at radius 2 is 1.79 bits per heavy atom.